The summed E-state index contributed by atoms with van der Waals surface area (Å²) in [5.41, 5.74) is 5.84. The third-order valence-electron chi connectivity index (χ3n) is 2.88. The topological polar surface area (TPSA) is 98.5 Å². The van der Waals surface area contributed by atoms with Crippen LogP contribution in [0.4, 0.5) is 9.39 Å². The van der Waals surface area contributed by atoms with Crippen LogP contribution in [0.5, 0.6) is 0 Å². The van der Waals surface area contributed by atoms with E-state index >= 15 is 0 Å². The minimum atomic E-state index is -0.767. The van der Waals surface area contributed by atoms with Crippen LogP contribution in [0.3, 0.4) is 0 Å². The molecule has 0 saturated carbocycles. The van der Waals surface area contributed by atoms with E-state index < -0.39 is 30.2 Å². The predicted molar refractivity (Wildman–Crippen MR) is 92.9 cm³/mol. The maximum atomic E-state index is 13.0. The molecular formula is C16H12ClFN2O4S. The number of rotatable bonds is 6. The smallest absolute Gasteiger partial charge is 0.331 e. The average Bonchev–Trinajstić information content (AvgIpc) is 3.02. The summed E-state index contributed by atoms with van der Waals surface area (Å²) in [5, 5.41) is 4.24. The van der Waals surface area contributed by atoms with Crippen molar-refractivity contribution >= 4 is 51.8 Å². The van der Waals surface area contributed by atoms with Gasteiger partial charge in [0.15, 0.2) is 6.61 Å². The summed E-state index contributed by atoms with van der Waals surface area (Å²) >= 11 is 6.74. The van der Waals surface area contributed by atoms with Crippen molar-refractivity contribution in [1.82, 2.24) is 0 Å². The Kier molecular flexibility index (Phi) is 6.26. The molecule has 3 N–H and O–H groups in total. The van der Waals surface area contributed by atoms with Crippen LogP contribution in [0.25, 0.3) is 6.08 Å². The maximum Gasteiger partial charge on any atom is 0.331 e. The van der Waals surface area contributed by atoms with Crippen LogP contribution in [-0.4, -0.2) is 24.4 Å². The van der Waals surface area contributed by atoms with Crippen LogP contribution in [-0.2, 0) is 14.3 Å². The molecule has 1 aromatic carbocycles. The van der Waals surface area contributed by atoms with Gasteiger partial charge in [-0.2, -0.15) is 0 Å². The molecule has 9 heteroatoms. The van der Waals surface area contributed by atoms with Crippen molar-refractivity contribution < 1.29 is 23.5 Å². The fourth-order valence-electron chi connectivity index (χ4n) is 1.73. The van der Waals surface area contributed by atoms with Gasteiger partial charge in [0.25, 0.3) is 11.8 Å². The Morgan fingerprint density at radius 2 is 2.08 bits per heavy atom. The zero-order chi connectivity index (χ0) is 18.4. The number of nitrogens with one attached hydrogen (secondary N) is 1. The van der Waals surface area contributed by atoms with Gasteiger partial charge in [-0.25, -0.2) is 9.18 Å². The first kappa shape index (κ1) is 18.6. The van der Waals surface area contributed by atoms with E-state index in [0.29, 0.717) is 5.56 Å². The molecule has 0 aliphatic heterocycles. The third kappa shape index (κ3) is 5.40. The normalized spacial score (nSPS) is 10.6. The molecule has 0 aliphatic rings. The first-order valence-corrected chi connectivity index (χ1v) is 8.09. The molecule has 0 spiro atoms. The van der Waals surface area contributed by atoms with E-state index in [0.717, 1.165) is 23.5 Å². The van der Waals surface area contributed by atoms with E-state index in [9.17, 15) is 18.8 Å². The number of esters is 1. The van der Waals surface area contributed by atoms with Crippen molar-refractivity contribution in [2.45, 2.75) is 0 Å². The summed E-state index contributed by atoms with van der Waals surface area (Å²) < 4.78 is 17.8. The van der Waals surface area contributed by atoms with Crippen molar-refractivity contribution in [3.63, 3.8) is 0 Å². The van der Waals surface area contributed by atoms with Crippen molar-refractivity contribution in [2.75, 3.05) is 11.9 Å². The lowest BCUT2D eigenvalue weighted by Gasteiger charge is -2.04. The monoisotopic (exact) mass is 382 g/mol. The lowest BCUT2D eigenvalue weighted by Crippen LogP contribution is -2.21. The summed E-state index contributed by atoms with van der Waals surface area (Å²) in [6.07, 6.45) is 2.45. The SMILES string of the molecule is NC(=O)c1ccsc1NC(=O)COC(=O)/C=C/c1ccc(F)c(Cl)c1. The van der Waals surface area contributed by atoms with Crippen LogP contribution in [0, 0.1) is 5.82 Å². The van der Waals surface area contributed by atoms with Crippen molar-refractivity contribution in [3.05, 3.63) is 57.7 Å². The highest BCUT2D eigenvalue weighted by molar-refractivity contribution is 7.14. The van der Waals surface area contributed by atoms with Gasteiger partial charge in [0.05, 0.1) is 10.6 Å². The summed E-state index contributed by atoms with van der Waals surface area (Å²) in [6.45, 7) is -0.538. The molecule has 0 atom stereocenters. The molecular weight excluding hydrogens is 371 g/mol. The van der Waals surface area contributed by atoms with Gasteiger partial charge < -0.3 is 15.8 Å². The molecule has 0 unspecified atom stereocenters. The number of halogens is 2. The van der Waals surface area contributed by atoms with Gasteiger partial charge >= 0.3 is 5.97 Å². The number of ether oxygens (including phenoxy) is 1. The Hall–Kier alpha value is -2.71. The van der Waals surface area contributed by atoms with E-state index in [1.165, 1.54) is 24.3 Å². The van der Waals surface area contributed by atoms with E-state index in [1.54, 1.807) is 5.38 Å². The van der Waals surface area contributed by atoms with Crippen molar-refractivity contribution in [2.24, 2.45) is 5.73 Å². The molecule has 2 amide bonds. The van der Waals surface area contributed by atoms with Crippen LogP contribution < -0.4 is 11.1 Å². The summed E-state index contributed by atoms with van der Waals surface area (Å²) in [6, 6.07) is 5.42. The van der Waals surface area contributed by atoms with Crippen LogP contribution in [0.15, 0.2) is 35.7 Å². The highest BCUT2D eigenvalue weighted by Gasteiger charge is 2.13. The Balaban J connectivity index is 1.85. The molecule has 1 heterocycles. The predicted octanol–water partition coefficient (Wildman–Crippen LogP) is 2.83. The summed E-state index contributed by atoms with van der Waals surface area (Å²) in [5.74, 6) is -2.62. The van der Waals surface area contributed by atoms with Gasteiger partial charge in [0, 0.05) is 6.08 Å². The average molecular weight is 383 g/mol. The lowest BCUT2D eigenvalue weighted by atomic mass is 10.2. The van der Waals surface area contributed by atoms with E-state index in [2.05, 4.69) is 5.32 Å². The number of carbonyl (C=O) groups is 3. The standard InChI is InChI=1S/C16H12ClFN2O4S/c17-11-7-9(1-3-12(11)18)2-4-14(22)24-8-13(21)20-16-10(15(19)23)5-6-25-16/h1-7H,8H2,(H2,19,23)(H,20,21)/b4-2+. The van der Waals surface area contributed by atoms with Crippen molar-refractivity contribution in [3.8, 4) is 0 Å². The molecule has 2 rings (SSSR count). The Morgan fingerprint density at radius 1 is 1.32 bits per heavy atom. The largest absolute Gasteiger partial charge is 0.452 e. The number of anilines is 1. The molecule has 0 aliphatic carbocycles. The molecule has 0 bridgehead atoms. The van der Waals surface area contributed by atoms with Gasteiger partial charge in [0.2, 0.25) is 0 Å². The second kappa shape index (κ2) is 8.41. The minimum absolute atomic E-state index is 0.0731. The number of hydrogen-bond donors (Lipinski definition) is 2. The van der Waals surface area contributed by atoms with Gasteiger partial charge in [-0.05, 0) is 35.2 Å². The number of thiophene rings is 1. The summed E-state index contributed by atoms with van der Waals surface area (Å²) in [4.78, 5) is 34.5. The number of amides is 2. The number of benzene rings is 1. The Bertz CT molecular complexity index is 850. The van der Waals surface area contributed by atoms with Gasteiger partial charge in [-0.1, -0.05) is 17.7 Å². The molecule has 6 nitrogen and oxygen atoms in total. The molecule has 25 heavy (non-hydrogen) atoms. The zero-order valence-corrected chi connectivity index (χ0v) is 14.2. The van der Waals surface area contributed by atoms with Gasteiger partial charge in [-0.15, -0.1) is 11.3 Å². The maximum absolute atomic E-state index is 13.0. The fraction of sp³-hybridized carbons (Fsp3) is 0.0625. The van der Waals surface area contributed by atoms with E-state index in [1.807, 2.05) is 0 Å². The molecule has 0 saturated heterocycles. The third-order valence-corrected chi connectivity index (χ3v) is 4.00. The number of hydrogen-bond acceptors (Lipinski definition) is 5. The first-order chi connectivity index (χ1) is 11.9. The Morgan fingerprint density at radius 3 is 2.76 bits per heavy atom. The first-order valence-electron chi connectivity index (χ1n) is 6.84. The van der Waals surface area contributed by atoms with Gasteiger partial charge in [0.1, 0.15) is 10.8 Å². The lowest BCUT2D eigenvalue weighted by molar-refractivity contribution is -0.142. The van der Waals surface area contributed by atoms with Crippen LogP contribution in [0.1, 0.15) is 15.9 Å². The number of carbonyl (C=O) groups excluding carboxylic acids is 3. The van der Waals surface area contributed by atoms with Crippen LogP contribution in [0.2, 0.25) is 5.02 Å². The van der Waals surface area contributed by atoms with E-state index in [-0.39, 0.29) is 15.6 Å². The van der Waals surface area contributed by atoms with Crippen LogP contribution >= 0.6 is 22.9 Å². The number of nitrogens with two attached hydrogens (primary N) is 1. The second-order valence-electron chi connectivity index (χ2n) is 4.69. The highest BCUT2D eigenvalue weighted by atomic mass is 35.5. The van der Waals surface area contributed by atoms with E-state index in [4.69, 9.17) is 22.1 Å². The quantitative estimate of drug-likeness (QED) is 0.592. The molecule has 130 valence electrons. The molecule has 2 aromatic rings. The zero-order valence-electron chi connectivity index (χ0n) is 12.6. The Labute approximate surface area is 151 Å². The molecule has 0 fully saturated rings. The van der Waals surface area contributed by atoms with Crippen molar-refractivity contribution in [1.29, 1.82) is 0 Å². The molecule has 1 aromatic heterocycles. The second-order valence-corrected chi connectivity index (χ2v) is 6.01. The fourth-order valence-corrected chi connectivity index (χ4v) is 2.73. The molecule has 0 radical (unpaired) electrons. The number of primary amides is 1. The summed E-state index contributed by atoms with van der Waals surface area (Å²) in [7, 11) is 0. The highest BCUT2D eigenvalue weighted by Crippen LogP contribution is 2.22. The minimum Gasteiger partial charge on any atom is -0.452 e. The van der Waals surface area contributed by atoms with Gasteiger partial charge in [-0.3, -0.25) is 9.59 Å².